The average molecular weight is 259 g/mol. The Hall–Kier alpha value is -0.413. The molecule has 0 saturated heterocycles. The fraction of sp³-hybridized carbons (Fsp3) is 0.917. The maximum absolute atomic E-state index is 8.24. The van der Waals surface area contributed by atoms with E-state index in [1.807, 2.05) is 6.07 Å². The third-order valence-corrected chi connectivity index (χ3v) is 7.57. The van der Waals surface area contributed by atoms with Gasteiger partial charge < -0.3 is 13.9 Å². The topological polar surface area (TPSA) is 51.5 Å². The highest BCUT2D eigenvalue weighted by molar-refractivity contribution is 6.74. The highest BCUT2D eigenvalue weighted by Gasteiger charge is 2.36. The van der Waals surface area contributed by atoms with Gasteiger partial charge in [0.15, 0.2) is 8.32 Å². The lowest BCUT2D eigenvalue weighted by atomic mass is 10.2. The van der Waals surface area contributed by atoms with Gasteiger partial charge in [0, 0.05) is 0 Å². The zero-order chi connectivity index (χ0) is 13.4. The minimum atomic E-state index is -1.64. The van der Waals surface area contributed by atoms with E-state index in [4.69, 9.17) is 19.2 Å². The SMILES string of the molecule is CC(C)(C)[Si](C)(C)OCCOCCOCC#N. The second-order valence-electron chi connectivity index (χ2n) is 5.43. The monoisotopic (exact) mass is 259 g/mol. The molecule has 0 aromatic heterocycles. The summed E-state index contributed by atoms with van der Waals surface area (Å²) in [6.07, 6.45) is 0. The third-order valence-electron chi connectivity index (χ3n) is 3.04. The molecule has 0 spiro atoms. The lowest BCUT2D eigenvalue weighted by Gasteiger charge is -2.36. The Labute approximate surface area is 106 Å². The molecule has 0 rings (SSSR count). The molecule has 0 aliphatic carbocycles. The first-order valence-electron chi connectivity index (χ1n) is 5.97. The third kappa shape index (κ3) is 7.50. The molecule has 0 radical (unpaired) electrons. The molecule has 100 valence electrons. The van der Waals surface area contributed by atoms with Crippen LogP contribution in [0.4, 0.5) is 0 Å². The van der Waals surface area contributed by atoms with Crippen molar-refractivity contribution >= 4 is 8.32 Å². The van der Waals surface area contributed by atoms with Crippen LogP contribution >= 0.6 is 0 Å². The van der Waals surface area contributed by atoms with E-state index in [1.54, 1.807) is 0 Å². The lowest BCUT2D eigenvalue weighted by molar-refractivity contribution is 0.0439. The van der Waals surface area contributed by atoms with Crippen LogP contribution in [0.5, 0.6) is 0 Å². The van der Waals surface area contributed by atoms with Crippen LogP contribution in [0.2, 0.25) is 18.1 Å². The van der Waals surface area contributed by atoms with E-state index >= 15 is 0 Å². The summed E-state index contributed by atoms with van der Waals surface area (Å²) in [5, 5.41) is 8.48. The van der Waals surface area contributed by atoms with E-state index in [9.17, 15) is 0 Å². The van der Waals surface area contributed by atoms with Gasteiger partial charge in [-0.1, -0.05) is 20.8 Å². The summed E-state index contributed by atoms with van der Waals surface area (Å²) in [7, 11) is -1.64. The van der Waals surface area contributed by atoms with Crippen molar-refractivity contribution in [2.24, 2.45) is 0 Å². The van der Waals surface area contributed by atoms with Crippen LogP contribution in [-0.4, -0.2) is 41.4 Å². The molecule has 4 nitrogen and oxygen atoms in total. The molecule has 0 unspecified atom stereocenters. The summed E-state index contributed by atoms with van der Waals surface area (Å²) in [5.74, 6) is 0. The maximum atomic E-state index is 8.24. The summed E-state index contributed by atoms with van der Waals surface area (Å²) >= 11 is 0. The van der Waals surface area contributed by atoms with Crippen LogP contribution < -0.4 is 0 Å². The van der Waals surface area contributed by atoms with Crippen LogP contribution in [0.3, 0.4) is 0 Å². The molecule has 0 atom stereocenters. The highest BCUT2D eigenvalue weighted by Crippen LogP contribution is 2.36. The fourth-order valence-corrected chi connectivity index (χ4v) is 1.94. The fourth-order valence-electron chi connectivity index (χ4n) is 0.910. The summed E-state index contributed by atoms with van der Waals surface area (Å²) < 4.78 is 16.3. The minimum absolute atomic E-state index is 0.129. The molecule has 0 amide bonds. The number of ether oxygens (including phenoxy) is 2. The molecule has 0 aliphatic heterocycles. The molecule has 0 bridgehead atoms. The Kier molecular flexibility index (Phi) is 7.64. The molecule has 5 heteroatoms. The van der Waals surface area contributed by atoms with Crippen molar-refractivity contribution in [3.63, 3.8) is 0 Å². The molecular weight excluding hydrogens is 234 g/mol. The number of hydrogen-bond acceptors (Lipinski definition) is 4. The van der Waals surface area contributed by atoms with Gasteiger partial charge in [-0.3, -0.25) is 0 Å². The average Bonchev–Trinajstić information content (AvgIpc) is 2.20. The van der Waals surface area contributed by atoms with Crippen molar-refractivity contribution < 1.29 is 13.9 Å². The predicted octanol–water partition coefficient (Wildman–Crippen LogP) is 2.56. The molecule has 17 heavy (non-hydrogen) atoms. The first-order valence-corrected chi connectivity index (χ1v) is 8.88. The first-order chi connectivity index (χ1) is 7.81. The van der Waals surface area contributed by atoms with Crippen LogP contribution in [-0.2, 0) is 13.9 Å². The Balaban J connectivity index is 3.49. The van der Waals surface area contributed by atoms with Gasteiger partial charge in [0.25, 0.3) is 0 Å². The first kappa shape index (κ1) is 16.6. The molecule has 0 N–H and O–H groups in total. The van der Waals surface area contributed by atoms with Crippen molar-refractivity contribution in [3.8, 4) is 6.07 Å². The van der Waals surface area contributed by atoms with E-state index in [2.05, 4.69) is 33.9 Å². The van der Waals surface area contributed by atoms with E-state index in [-0.39, 0.29) is 11.6 Å². The Bertz CT molecular complexity index is 243. The molecule has 0 fully saturated rings. The predicted molar refractivity (Wildman–Crippen MR) is 70.4 cm³/mol. The Morgan fingerprint density at radius 1 is 1.00 bits per heavy atom. The number of rotatable bonds is 8. The van der Waals surface area contributed by atoms with Gasteiger partial charge in [-0.05, 0) is 18.1 Å². The maximum Gasteiger partial charge on any atom is 0.192 e. The van der Waals surface area contributed by atoms with E-state index in [1.165, 1.54) is 0 Å². The van der Waals surface area contributed by atoms with Gasteiger partial charge in [0.05, 0.1) is 32.5 Å². The minimum Gasteiger partial charge on any atom is -0.414 e. The van der Waals surface area contributed by atoms with Crippen molar-refractivity contribution in [2.45, 2.75) is 38.9 Å². The lowest BCUT2D eigenvalue weighted by Crippen LogP contribution is -2.41. The van der Waals surface area contributed by atoms with Crippen LogP contribution in [0.15, 0.2) is 0 Å². The number of hydrogen-bond donors (Lipinski definition) is 0. The van der Waals surface area contributed by atoms with Gasteiger partial charge in [-0.15, -0.1) is 0 Å². The van der Waals surface area contributed by atoms with Crippen LogP contribution in [0, 0.1) is 11.3 Å². The zero-order valence-electron chi connectivity index (χ0n) is 11.7. The normalized spacial score (nSPS) is 12.5. The van der Waals surface area contributed by atoms with Crippen molar-refractivity contribution in [2.75, 3.05) is 33.0 Å². The Morgan fingerprint density at radius 3 is 2.06 bits per heavy atom. The largest absolute Gasteiger partial charge is 0.414 e. The molecule has 0 aliphatic rings. The summed E-state index contributed by atoms with van der Waals surface area (Å²) in [6.45, 7) is 13.4. The second-order valence-corrected chi connectivity index (χ2v) is 10.2. The van der Waals surface area contributed by atoms with Gasteiger partial charge >= 0.3 is 0 Å². The molecular formula is C12H25NO3Si. The number of nitriles is 1. The molecule has 0 heterocycles. The van der Waals surface area contributed by atoms with Crippen molar-refractivity contribution in [1.29, 1.82) is 5.26 Å². The second kappa shape index (κ2) is 7.83. The Morgan fingerprint density at radius 2 is 1.53 bits per heavy atom. The number of nitrogens with zero attached hydrogens (tertiary/aromatic N) is 1. The molecule has 0 saturated carbocycles. The van der Waals surface area contributed by atoms with Crippen LogP contribution in [0.1, 0.15) is 20.8 Å². The summed E-state index contributed by atoms with van der Waals surface area (Å²) in [4.78, 5) is 0. The van der Waals surface area contributed by atoms with Gasteiger partial charge in [-0.2, -0.15) is 5.26 Å². The molecule has 0 aromatic carbocycles. The van der Waals surface area contributed by atoms with E-state index < -0.39 is 8.32 Å². The smallest absolute Gasteiger partial charge is 0.192 e. The zero-order valence-corrected chi connectivity index (χ0v) is 12.7. The van der Waals surface area contributed by atoms with E-state index in [0.29, 0.717) is 26.4 Å². The van der Waals surface area contributed by atoms with Gasteiger partial charge in [0.2, 0.25) is 0 Å². The van der Waals surface area contributed by atoms with Crippen molar-refractivity contribution in [1.82, 2.24) is 0 Å². The summed E-state index contributed by atoms with van der Waals surface area (Å²) in [6, 6.07) is 1.91. The quantitative estimate of drug-likeness (QED) is 0.496. The standard InChI is InChI=1S/C12H25NO3Si/c1-12(2,3)17(4,5)16-11-10-15-9-8-14-7-6-13/h7-11H2,1-5H3. The highest BCUT2D eigenvalue weighted by atomic mass is 28.4. The van der Waals surface area contributed by atoms with Gasteiger partial charge in [-0.25, -0.2) is 0 Å². The summed E-state index contributed by atoms with van der Waals surface area (Å²) in [5.41, 5.74) is 0. The van der Waals surface area contributed by atoms with E-state index in [0.717, 1.165) is 0 Å². The van der Waals surface area contributed by atoms with Crippen LogP contribution in [0.25, 0.3) is 0 Å². The van der Waals surface area contributed by atoms with Crippen molar-refractivity contribution in [3.05, 3.63) is 0 Å². The van der Waals surface area contributed by atoms with Gasteiger partial charge in [0.1, 0.15) is 6.61 Å². The molecule has 0 aromatic rings.